The number of ether oxygens (including phenoxy) is 5. The second-order valence-electron chi connectivity index (χ2n) is 8.22. The Bertz CT molecular complexity index is 609. The Morgan fingerprint density at radius 1 is 0.545 bits per heavy atom. The summed E-state index contributed by atoms with van der Waals surface area (Å²) in [5, 5.41) is 99.5. The molecule has 3 fully saturated rings. The van der Waals surface area contributed by atoms with Gasteiger partial charge in [0.25, 0.3) is 0 Å². The molecule has 6 unspecified atom stereocenters. The fraction of sp³-hybridized carbons (Fsp3) is 1.00. The second-order valence-corrected chi connectivity index (χ2v) is 8.22. The molecule has 0 aromatic heterocycles. The van der Waals surface area contributed by atoms with Crippen LogP contribution >= 0.6 is 0 Å². The SMILES string of the molecule is OCC1O[C@@H](O[C@@H]2C(O)[C@H](O[C@@H]3CC(O)OC(CO)[C@@H]3O)OC(CO)[C@@H]2O)C(O)[C@@H](O)[C@H]1O. The van der Waals surface area contributed by atoms with Crippen LogP contribution in [0.4, 0.5) is 0 Å². The van der Waals surface area contributed by atoms with Crippen LogP contribution in [-0.4, -0.2) is 157 Å². The predicted molar refractivity (Wildman–Crippen MR) is 99.9 cm³/mol. The van der Waals surface area contributed by atoms with Crippen molar-refractivity contribution < 1.29 is 74.7 Å². The monoisotopic (exact) mass is 488 g/mol. The van der Waals surface area contributed by atoms with Crippen LogP contribution in [0.2, 0.25) is 0 Å². The van der Waals surface area contributed by atoms with Gasteiger partial charge in [-0.3, -0.25) is 0 Å². The van der Waals surface area contributed by atoms with E-state index < -0.39 is 106 Å². The van der Waals surface area contributed by atoms with E-state index in [1.54, 1.807) is 0 Å². The van der Waals surface area contributed by atoms with Gasteiger partial charge in [-0.2, -0.15) is 0 Å². The second kappa shape index (κ2) is 11.4. The normalized spacial score (nSPS) is 51.5. The van der Waals surface area contributed by atoms with E-state index >= 15 is 0 Å². The molecular weight excluding hydrogens is 456 g/mol. The minimum absolute atomic E-state index is 0.255. The lowest BCUT2D eigenvalue weighted by Gasteiger charge is -2.47. The maximum atomic E-state index is 10.7. The topological polar surface area (TPSA) is 248 Å². The molecule has 0 aliphatic carbocycles. The van der Waals surface area contributed by atoms with Crippen molar-refractivity contribution in [2.45, 2.75) is 92.4 Å². The highest BCUT2D eigenvalue weighted by Gasteiger charge is 2.52. The average molecular weight is 488 g/mol. The molecule has 0 aromatic carbocycles. The smallest absolute Gasteiger partial charge is 0.187 e. The standard InChI is InChI=1S/C18H32O15/c19-2-6-10(23)5(1-9(22)29-6)30-18-15(28)16(12(25)8(4-21)32-18)33-17-14(27)13(26)11(24)7(3-20)31-17/h5-28H,1-4H2/t5-,6?,7?,8?,9?,10-,11+,12+,13+,14?,15?,16+,17+,18-/m1/s1. The zero-order valence-corrected chi connectivity index (χ0v) is 17.4. The summed E-state index contributed by atoms with van der Waals surface area (Å²) in [6.07, 6.45) is -21.8. The molecule has 0 radical (unpaired) electrons. The first-order chi connectivity index (χ1) is 15.6. The number of aliphatic hydroxyl groups excluding tert-OH is 10. The van der Waals surface area contributed by atoms with Crippen LogP contribution in [0.3, 0.4) is 0 Å². The van der Waals surface area contributed by atoms with Crippen molar-refractivity contribution in [3.05, 3.63) is 0 Å². The third-order valence-corrected chi connectivity index (χ3v) is 5.98. The Labute approximate surface area is 187 Å². The molecule has 33 heavy (non-hydrogen) atoms. The van der Waals surface area contributed by atoms with E-state index in [1.807, 2.05) is 0 Å². The maximum absolute atomic E-state index is 10.7. The molecule has 3 saturated heterocycles. The van der Waals surface area contributed by atoms with E-state index in [4.69, 9.17) is 23.7 Å². The average Bonchev–Trinajstić information content (AvgIpc) is 2.80. The molecule has 10 N–H and O–H groups in total. The molecule has 0 amide bonds. The summed E-state index contributed by atoms with van der Waals surface area (Å²) in [6, 6.07) is 0. The van der Waals surface area contributed by atoms with Gasteiger partial charge < -0.3 is 74.7 Å². The molecule has 0 aromatic rings. The van der Waals surface area contributed by atoms with Gasteiger partial charge in [-0.15, -0.1) is 0 Å². The molecule has 0 saturated carbocycles. The van der Waals surface area contributed by atoms with Gasteiger partial charge in [0, 0.05) is 6.42 Å². The Kier molecular flexibility index (Phi) is 9.35. The van der Waals surface area contributed by atoms with E-state index in [9.17, 15) is 51.1 Å². The number of rotatable bonds is 7. The van der Waals surface area contributed by atoms with Gasteiger partial charge in [-0.05, 0) is 0 Å². The van der Waals surface area contributed by atoms with Crippen LogP contribution in [0.5, 0.6) is 0 Å². The minimum Gasteiger partial charge on any atom is -0.394 e. The highest BCUT2D eigenvalue weighted by Crippen LogP contribution is 2.32. The number of aliphatic hydroxyl groups is 10. The lowest BCUT2D eigenvalue weighted by molar-refractivity contribution is -0.371. The minimum atomic E-state index is -1.82. The number of hydrogen-bond acceptors (Lipinski definition) is 15. The Hall–Kier alpha value is -0.600. The molecule has 14 atom stereocenters. The van der Waals surface area contributed by atoms with Crippen LogP contribution in [0.1, 0.15) is 6.42 Å². The highest BCUT2D eigenvalue weighted by atomic mass is 16.7. The molecule has 15 nitrogen and oxygen atoms in total. The lowest BCUT2D eigenvalue weighted by Crippen LogP contribution is -2.65. The molecule has 3 aliphatic heterocycles. The van der Waals surface area contributed by atoms with Gasteiger partial charge in [0.15, 0.2) is 18.9 Å². The van der Waals surface area contributed by atoms with Crippen molar-refractivity contribution in [2.24, 2.45) is 0 Å². The van der Waals surface area contributed by atoms with E-state index in [0.29, 0.717) is 0 Å². The van der Waals surface area contributed by atoms with Crippen molar-refractivity contribution in [2.75, 3.05) is 19.8 Å². The number of hydrogen-bond donors (Lipinski definition) is 10. The van der Waals surface area contributed by atoms with Crippen molar-refractivity contribution >= 4 is 0 Å². The van der Waals surface area contributed by atoms with Gasteiger partial charge in [0.2, 0.25) is 0 Å². The molecule has 15 heteroatoms. The van der Waals surface area contributed by atoms with Crippen molar-refractivity contribution in [3.8, 4) is 0 Å². The fourth-order valence-electron chi connectivity index (χ4n) is 4.04. The third-order valence-electron chi connectivity index (χ3n) is 5.98. The predicted octanol–water partition coefficient (Wildman–Crippen LogP) is -6.54. The summed E-state index contributed by atoms with van der Waals surface area (Å²) in [4.78, 5) is 0. The Morgan fingerprint density at radius 2 is 1.06 bits per heavy atom. The van der Waals surface area contributed by atoms with E-state index in [2.05, 4.69) is 0 Å². The van der Waals surface area contributed by atoms with Crippen LogP contribution < -0.4 is 0 Å². The first-order valence-corrected chi connectivity index (χ1v) is 10.5. The molecule has 0 spiro atoms. The van der Waals surface area contributed by atoms with Crippen molar-refractivity contribution in [1.29, 1.82) is 0 Å². The largest absolute Gasteiger partial charge is 0.394 e. The summed E-state index contributed by atoms with van der Waals surface area (Å²) in [5.74, 6) is 0. The van der Waals surface area contributed by atoms with Crippen LogP contribution in [0, 0.1) is 0 Å². The van der Waals surface area contributed by atoms with Gasteiger partial charge in [0.1, 0.15) is 61.0 Å². The lowest BCUT2D eigenvalue weighted by atomic mass is 9.96. The fourth-order valence-corrected chi connectivity index (χ4v) is 4.04. The van der Waals surface area contributed by atoms with Crippen LogP contribution in [0.25, 0.3) is 0 Å². The zero-order chi connectivity index (χ0) is 24.4. The van der Waals surface area contributed by atoms with Gasteiger partial charge in [0.05, 0.1) is 25.9 Å². The quantitative estimate of drug-likeness (QED) is 0.160. The summed E-state index contributed by atoms with van der Waals surface area (Å²) >= 11 is 0. The summed E-state index contributed by atoms with van der Waals surface area (Å²) < 4.78 is 26.6. The van der Waals surface area contributed by atoms with E-state index in [-0.39, 0.29) is 6.42 Å². The molecule has 194 valence electrons. The van der Waals surface area contributed by atoms with E-state index in [1.165, 1.54) is 0 Å². The first kappa shape index (κ1) is 27.0. The highest BCUT2D eigenvalue weighted by molar-refractivity contribution is 4.95. The molecule has 0 bridgehead atoms. The Morgan fingerprint density at radius 3 is 1.64 bits per heavy atom. The molecule has 3 aliphatic rings. The van der Waals surface area contributed by atoms with Crippen molar-refractivity contribution in [3.63, 3.8) is 0 Å². The summed E-state index contributed by atoms with van der Waals surface area (Å²) in [5.41, 5.74) is 0. The van der Waals surface area contributed by atoms with Gasteiger partial charge in [-0.1, -0.05) is 0 Å². The summed E-state index contributed by atoms with van der Waals surface area (Å²) in [7, 11) is 0. The molecule has 3 rings (SSSR count). The van der Waals surface area contributed by atoms with Crippen LogP contribution in [0.15, 0.2) is 0 Å². The first-order valence-electron chi connectivity index (χ1n) is 10.5. The third kappa shape index (κ3) is 5.64. The summed E-state index contributed by atoms with van der Waals surface area (Å²) in [6.45, 7) is -2.11. The van der Waals surface area contributed by atoms with Crippen molar-refractivity contribution in [1.82, 2.24) is 0 Å². The maximum Gasteiger partial charge on any atom is 0.187 e. The zero-order valence-electron chi connectivity index (χ0n) is 17.4. The van der Waals surface area contributed by atoms with Gasteiger partial charge >= 0.3 is 0 Å². The molecular formula is C18H32O15. The Balaban J connectivity index is 1.75. The van der Waals surface area contributed by atoms with E-state index in [0.717, 1.165) is 0 Å². The van der Waals surface area contributed by atoms with Crippen LogP contribution in [-0.2, 0) is 23.7 Å². The molecule has 3 heterocycles. The van der Waals surface area contributed by atoms with Gasteiger partial charge in [-0.25, -0.2) is 0 Å².